The van der Waals surface area contributed by atoms with Crippen LogP contribution in [0, 0.1) is 0 Å². The number of nitrogens with one attached hydrogen (secondary N) is 1. The van der Waals surface area contributed by atoms with Crippen LogP contribution in [0.4, 0.5) is 0 Å². The summed E-state index contributed by atoms with van der Waals surface area (Å²) in [7, 11) is 0. The highest BCUT2D eigenvalue weighted by Crippen LogP contribution is 2.26. The van der Waals surface area contributed by atoms with Crippen LogP contribution < -0.4 is 5.32 Å². The maximum atomic E-state index is 12.3. The summed E-state index contributed by atoms with van der Waals surface area (Å²) in [6, 6.07) is 7.57. The summed E-state index contributed by atoms with van der Waals surface area (Å²) in [6.45, 7) is 0. The van der Waals surface area contributed by atoms with Crippen LogP contribution in [0.5, 0.6) is 0 Å². The number of aromatic nitrogens is 1. The summed E-state index contributed by atoms with van der Waals surface area (Å²) in [5.41, 5.74) is 1.35. The second-order valence-corrected chi connectivity index (χ2v) is 6.82. The molecule has 0 spiro atoms. The molecule has 1 aliphatic rings. The topological polar surface area (TPSA) is 62.2 Å². The van der Waals surface area contributed by atoms with Gasteiger partial charge in [-0.05, 0) is 37.8 Å². The molecule has 3 rings (SSSR count). The average molecular weight is 337 g/mol. The molecule has 1 aromatic heterocycles. The third kappa shape index (κ3) is 3.66. The van der Waals surface area contributed by atoms with E-state index in [4.69, 9.17) is 11.6 Å². The molecular weight excluding hydrogens is 320 g/mol. The van der Waals surface area contributed by atoms with E-state index >= 15 is 0 Å². The Morgan fingerprint density at radius 3 is 2.82 bits per heavy atom. The molecule has 6 heteroatoms. The van der Waals surface area contributed by atoms with Crippen molar-refractivity contribution in [1.82, 2.24) is 10.3 Å². The lowest BCUT2D eigenvalue weighted by Crippen LogP contribution is -2.38. The SMILES string of the molecule is O=C(NC1CCC(O)CC1)c1csc(-c2cccc(Cl)c2)n1. The molecule has 0 radical (unpaired) electrons. The number of hydrogen-bond donors (Lipinski definition) is 2. The fraction of sp³-hybridized carbons (Fsp3) is 0.375. The quantitative estimate of drug-likeness (QED) is 0.901. The molecule has 0 atom stereocenters. The molecule has 1 saturated carbocycles. The van der Waals surface area contributed by atoms with E-state index in [-0.39, 0.29) is 18.1 Å². The molecule has 1 amide bonds. The van der Waals surface area contributed by atoms with Gasteiger partial charge < -0.3 is 10.4 Å². The smallest absolute Gasteiger partial charge is 0.270 e. The number of hydrogen-bond acceptors (Lipinski definition) is 4. The predicted octanol–water partition coefficient (Wildman–Crippen LogP) is 3.50. The Labute approximate surface area is 138 Å². The van der Waals surface area contributed by atoms with Crippen molar-refractivity contribution < 1.29 is 9.90 Å². The summed E-state index contributed by atoms with van der Waals surface area (Å²) in [5.74, 6) is -0.147. The second kappa shape index (κ2) is 6.77. The average Bonchev–Trinajstić information content (AvgIpc) is 3.00. The van der Waals surface area contributed by atoms with Gasteiger partial charge in [-0.2, -0.15) is 0 Å². The van der Waals surface area contributed by atoms with Gasteiger partial charge in [0.25, 0.3) is 5.91 Å². The largest absolute Gasteiger partial charge is 0.393 e. The van der Waals surface area contributed by atoms with Gasteiger partial charge in [-0.1, -0.05) is 23.7 Å². The summed E-state index contributed by atoms with van der Waals surface area (Å²) < 4.78 is 0. The zero-order chi connectivity index (χ0) is 15.5. The first-order chi connectivity index (χ1) is 10.6. The van der Waals surface area contributed by atoms with E-state index in [0.29, 0.717) is 10.7 Å². The van der Waals surface area contributed by atoms with Crippen LogP contribution in [-0.2, 0) is 0 Å². The van der Waals surface area contributed by atoms with Gasteiger partial charge in [0.1, 0.15) is 10.7 Å². The first-order valence-corrected chi connectivity index (χ1v) is 8.58. The number of benzene rings is 1. The molecule has 22 heavy (non-hydrogen) atoms. The fourth-order valence-corrected chi connectivity index (χ4v) is 3.60. The summed E-state index contributed by atoms with van der Waals surface area (Å²) in [5, 5.41) is 15.7. The van der Waals surface area contributed by atoms with Crippen LogP contribution in [0.3, 0.4) is 0 Å². The highest BCUT2D eigenvalue weighted by molar-refractivity contribution is 7.13. The van der Waals surface area contributed by atoms with Gasteiger partial charge in [0.15, 0.2) is 0 Å². The van der Waals surface area contributed by atoms with Crippen LogP contribution in [0.25, 0.3) is 10.6 Å². The molecule has 2 N–H and O–H groups in total. The molecule has 0 saturated heterocycles. The normalized spacial score (nSPS) is 21.5. The molecule has 1 aliphatic carbocycles. The minimum atomic E-state index is -0.221. The van der Waals surface area contributed by atoms with E-state index in [0.717, 1.165) is 36.3 Å². The van der Waals surface area contributed by atoms with Crippen molar-refractivity contribution in [1.29, 1.82) is 0 Å². The molecule has 1 fully saturated rings. The monoisotopic (exact) mass is 336 g/mol. The minimum absolute atomic E-state index is 0.132. The van der Waals surface area contributed by atoms with Gasteiger partial charge in [0, 0.05) is 22.0 Å². The summed E-state index contributed by atoms with van der Waals surface area (Å²) in [4.78, 5) is 16.7. The molecule has 4 nitrogen and oxygen atoms in total. The van der Waals surface area contributed by atoms with Gasteiger partial charge in [0.05, 0.1) is 6.10 Å². The molecule has 0 aliphatic heterocycles. The zero-order valence-electron chi connectivity index (χ0n) is 12.0. The fourth-order valence-electron chi connectivity index (χ4n) is 2.61. The molecular formula is C16H17ClN2O2S. The molecule has 1 aromatic carbocycles. The molecule has 2 aromatic rings. The van der Waals surface area contributed by atoms with Gasteiger partial charge in [-0.25, -0.2) is 4.98 Å². The molecule has 1 heterocycles. The van der Waals surface area contributed by atoms with Gasteiger partial charge in [0.2, 0.25) is 0 Å². The Bertz CT molecular complexity index is 666. The summed E-state index contributed by atoms with van der Waals surface area (Å²) in [6.07, 6.45) is 2.91. The van der Waals surface area contributed by atoms with Gasteiger partial charge >= 0.3 is 0 Å². The lowest BCUT2D eigenvalue weighted by Gasteiger charge is -2.25. The van der Waals surface area contributed by atoms with E-state index < -0.39 is 0 Å². The predicted molar refractivity (Wildman–Crippen MR) is 88.3 cm³/mol. The number of amides is 1. The molecule has 0 bridgehead atoms. The number of carbonyl (C=O) groups is 1. The highest BCUT2D eigenvalue weighted by Gasteiger charge is 2.22. The van der Waals surface area contributed by atoms with Gasteiger partial charge in [-0.15, -0.1) is 11.3 Å². The second-order valence-electron chi connectivity index (χ2n) is 5.53. The number of carbonyl (C=O) groups excluding carboxylic acids is 1. The van der Waals surface area contributed by atoms with Crippen LogP contribution >= 0.6 is 22.9 Å². The van der Waals surface area contributed by atoms with E-state index in [1.807, 2.05) is 24.3 Å². The van der Waals surface area contributed by atoms with Crippen molar-refractivity contribution in [3.05, 3.63) is 40.4 Å². The first kappa shape index (κ1) is 15.5. The van der Waals surface area contributed by atoms with Crippen LogP contribution in [0.15, 0.2) is 29.6 Å². The van der Waals surface area contributed by atoms with Crippen molar-refractivity contribution in [3.63, 3.8) is 0 Å². The van der Waals surface area contributed by atoms with E-state index in [2.05, 4.69) is 10.3 Å². The number of halogens is 1. The number of thiazole rings is 1. The maximum Gasteiger partial charge on any atom is 0.270 e. The molecule has 116 valence electrons. The van der Waals surface area contributed by atoms with Crippen LogP contribution in [0.1, 0.15) is 36.2 Å². The number of aliphatic hydroxyl groups is 1. The lowest BCUT2D eigenvalue weighted by molar-refractivity contribution is 0.0864. The third-order valence-electron chi connectivity index (χ3n) is 3.84. The van der Waals surface area contributed by atoms with Crippen molar-refractivity contribution in [3.8, 4) is 10.6 Å². The maximum absolute atomic E-state index is 12.3. The minimum Gasteiger partial charge on any atom is -0.393 e. The summed E-state index contributed by atoms with van der Waals surface area (Å²) >= 11 is 7.41. The zero-order valence-corrected chi connectivity index (χ0v) is 13.5. The Balaban J connectivity index is 1.67. The number of aliphatic hydroxyl groups excluding tert-OH is 1. The van der Waals surface area contributed by atoms with E-state index in [1.165, 1.54) is 11.3 Å². The molecule has 0 unspecified atom stereocenters. The lowest BCUT2D eigenvalue weighted by atomic mass is 9.93. The van der Waals surface area contributed by atoms with E-state index in [1.54, 1.807) is 5.38 Å². The number of rotatable bonds is 3. The Morgan fingerprint density at radius 1 is 1.32 bits per heavy atom. The number of nitrogens with zero attached hydrogens (tertiary/aromatic N) is 1. The van der Waals surface area contributed by atoms with Crippen LogP contribution in [0.2, 0.25) is 5.02 Å². The van der Waals surface area contributed by atoms with Crippen molar-refractivity contribution in [2.45, 2.75) is 37.8 Å². The van der Waals surface area contributed by atoms with Gasteiger partial charge in [-0.3, -0.25) is 4.79 Å². The van der Waals surface area contributed by atoms with Crippen molar-refractivity contribution in [2.24, 2.45) is 0 Å². The Kier molecular flexibility index (Phi) is 4.76. The standard InChI is InChI=1S/C16H17ClN2O2S/c17-11-3-1-2-10(8-11)16-19-14(9-22-16)15(21)18-12-4-6-13(20)7-5-12/h1-3,8-9,12-13,20H,4-7H2,(H,18,21). The van der Waals surface area contributed by atoms with Crippen molar-refractivity contribution in [2.75, 3.05) is 0 Å². The van der Waals surface area contributed by atoms with Crippen molar-refractivity contribution >= 4 is 28.8 Å². The third-order valence-corrected chi connectivity index (χ3v) is 4.97. The first-order valence-electron chi connectivity index (χ1n) is 7.32. The van der Waals surface area contributed by atoms with Crippen LogP contribution in [-0.4, -0.2) is 28.1 Å². The Hall–Kier alpha value is -1.43. The van der Waals surface area contributed by atoms with E-state index in [9.17, 15) is 9.90 Å². The highest BCUT2D eigenvalue weighted by atomic mass is 35.5. The Morgan fingerprint density at radius 2 is 2.09 bits per heavy atom.